The van der Waals surface area contributed by atoms with Crippen molar-refractivity contribution in [3.05, 3.63) is 47.4 Å². The van der Waals surface area contributed by atoms with Gasteiger partial charge in [0.05, 0.1) is 5.75 Å². The molecule has 2 heterocycles. The second-order valence-corrected chi connectivity index (χ2v) is 5.98. The van der Waals surface area contributed by atoms with Gasteiger partial charge in [0.2, 0.25) is 5.91 Å². The van der Waals surface area contributed by atoms with Crippen molar-refractivity contribution in [2.45, 2.75) is 11.9 Å². The van der Waals surface area contributed by atoms with Crippen molar-refractivity contribution in [2.24, 2.45) is 0 Å². The zero-order valence-corrected chi connectivity index (χ0v) is 13.2. The molecular formula is C14H12ClN5OS. The van der Waals surface area contributed by atoms with Crippen LogP contribution in [0.1, 0.15) is 5.69 Å². The van der Waals surface area contributed by atoms with E-state index in [-0.39, 0.29) is 11.7 Å². The third kappa shape index (κ3) is 3.37. The van der Waals surface area contributed by atoms with Crippen LogP contribution in [0, 0.1) is 6.92 Å². The number of benzene rings is 1. The summed E-state index contributed by atoms with van der Waals surface area (Å²) in [5.41, 5.74) is 1.55. The number of hydrogen-bond acceptors (Lipinski definition) is 5. The van der Waals surface area contributed by atoms with Gasteiger partial charge < -0.3 is 5.32 Å². The summed E-state index contributed by atoms with van der Waals surface area (Å²) in [5.74, 6) is 0.691. The first-order valence-corrected chi connectivity index (χ1v) is 7.84. The molecule has 0 saturated heterocycles. The number of carbonyl (C=O) groups is 1. The molecule has 2 aromatic heterocycles. The van der Waals surface area contributed by atoms with Crippen LogP contribution in [0.25, 0.3) is 5.78 Å². The normalized spacial score (nSPS) is 10.8. The maximum atomic E-state index is 12.0. The number of amides is 1. The molecule has 0 unspecified atom stereocenters. The molecule has 0 spiro atoms. The smallest absolute Gasteiger partial charge is 0.253 e. The highest BCUT2D eigenvalue weighted by molar-refractivity contribution is 7.99. The van der Waals surface area contributed by atoms with E-state index in [1.54, 1.807) is 28.8 Å². The Balaban J connectivity index is 1.67. The summed E-state index contributed by atoms with van der Waals surface area (Å²) in [6.07, 6.45) is 1.44. The lowest BCUT2D eigenvalue weighted by atomic mass is 10.3. The van der Waals surface area contributed by atoms with Crippen molar-refractivity contribution >= 4 is 40.7 Å². The molecule has 1 N–H and O–H groups in total. The highest BCUT2D eigenvalue weighted by atomic mass is 35.5. The highest BCUT2D eigenvalue weighted by Crippen LogP contribution is 2.19. The molecule has 1 amide bonds. The number of hydrogen-bond donors (Lipinski definition) is 1. The van der Waals surface area contributed by atoms with E-state index in [0.29, 0.717) is 16.5 Å². The van der Waals surface area contributed by atoms with E-state index in [1.165, 1.54) is 18.1 Å². The van der Waals surface area contributed by atoms with Crippen LogP contribution in [0.15, 0.2) is 41.7 Å². The van der Waals surface area contributed by atoms with Gasteiger partial charge in [0.25, 0.3) is 5.78 Å². The van der Waals surface area contributed by atoms with Crippen LogP contribution >= 0.6 is 23.4 Å². The summed E-state index contributed by atoms with van der Waals surface area (Å²) >= 11 is 7.19. The maximum absolute atomic E-state index is 12.0. The first-order valence-electron chi connectivity index (χ1n) is 6.47. The first-order chi connectivity index (χ1) is 10.6. The van der Waals surface area contributed by atoms with Gasteiger partial charge in [0.15, 0.2) is 0 Å². The summed E-state index contributed by atoms with van der Waals surface area (Å²) in [6, 6.07) is 8.86. The molecule has 8 heteroatoms. The van der Waals surface area contributed by atoms with Crippen LogP contribution < -0.4 is 5.32 Å². The number of nitrogens with one attached hydrogen (secondary N) is 1. The predicted molar refractivity (Wildman–Crippen MR) is 86.3 cm³/mol. The second-order valence-electron chi connectivity index (χ2n) is 4.55. The summed E-state index contributed by atoms with van der Waals surface area (Å²) in [7, 11) is 0. The standard InChI is InChI=1S/C14H12ClN5OS/c1-9-6-13(20-14(18-9)16-8-17-20)22-7-12(21)19-11-4-2-10(15)3-5-11/h2-6,8H,7H2,1H3,(H,19,21). The van der Waals surface area contributed by atoms with Crippen LogP contribution in [0.2, 0.25) is 5.02 Å². The number of aromatic nitrogens is 4. The van der Waals surface area contributed by atoms with Gasteiger partial charge in [-0.3, -0.25) is 4.79 Å². The van der Waals surface area contributed by atoms with Crippen LogP contribution in [0.5, 0.6) is 0 Å². The Kier molecular flexibility index (Phi) is 4.26. The quantitative estimate of drug-likeness (QED) is 0.587. The third-order valence-corrected chi connectivity index (χ3v) is 4.07. The van der Waals surface area contributed by atoms with Crippen molar-refractivity contribution in [1.82, 2.24) is 19.6 Å². The fourth-order valence-electron chi connectivity index (χ4n) is 1.87. The Hall–Kier alpha value is -2.12. The summed E-state index contributed by atoms with van der Waals surface area (Å²) in [6.45, 7) is 1.88. The minimum atomic E-state index is -0.102. The van der Waals surface area contributed by atoms with E-state index in [1.807, 2.05) is 13.0 Å². The van der Waals surface area contributed by atoms with E-state index in [2.05, 4.69) is 20.4 Å². The Bertz CT molecular complexity index is 818. The number of nitrogens with zero attached hydrogens (tertiary/aromatic N) is 4. The third-order valence-electron chi connectivity index (χ3n) is 2.83. The Morgan fingerprint density at radius 3 is 2.91 bits per heavy atom. The van der Waals surface area contributed by atoms with Crippen molar-refractivity contribution in [1.29, 1.82) is 0 Å². The number of fused-ring (bicyclic) bond motifs is 1. The monoisotopic (exact) mass is 333 g/mol. The minimum absolute atomic E-state index is 0.102. The van der Waals surface area contributed by atoms with E-state index >= 15 is 0 Å². The largest absolute Gasteiger partial charge is 0.325 e. The van der Waals surface area contributed by atoms with Crippen molar-refractivity contribution in [3.63, 3.8) is 0 Å². The van der Waals surface area contributed by atoms with E-state index in [0.717, 1.165) is 10.7 Å². The SMILES string of the molecule is Cc1cc(SCC(=O)Nc2ccc(Cl)cc2)n2ncnc2n1. The average Bonchev–Trinajstić information content (AvgIpc) is 2.95. The number of thioether (sulfide) groups is 1. The van der Waals surface area contributed by atoms with E-state index in [9.17, 15) is 4.79 Å². The molecule has 0 fully saturated rings. The summed E-state index contributed by atoms with van der Waals surface area (Å²) in [5, 5.41) is 8.38. The van der Waals surface area contributed by atoms with Gasteiger partial charge in [-0.1, -0.05) is 23.4 Å². The molecule has 6 nitrogen and oxygen atoms in total. The Morgan fingerprint density at radius 2 is 2.14 bits per heavy atom. The number of halogens is 1. The Labute approximate surface area is 135 Å². The molecule has 0 saturated carbocycles. The molecule has 3 rings (SSSR count). The van der Waals surface area contributed by atoms with Crippen molar-refractivity contribution in [2.75, 3.05) is 11.1 Å². The average molecular weight is 334 g/mol. The molecule has 0 radical (unpaired) electrons. The van der Waals surface area contributed by atoms with Crippen molar-refractivity contribution < 1.29 is 4.79 Å². The number of rotatable bonds is 4. The van der Waals surface area contributed by atoms with Crippen LogP contribution in [-0.4, -0.2) is 31.2 Å². The van der Waals surface area contributed by atoms with Crippen LogP contribution in [0.3, 0.4) is 0 Å². The van der Waals surface area contributed by atoms with E-state index < -0.39 is 0 Å². The van der Waals surface area contributed by atoms with E-state index in [4.69, 9.17) is 11.6 Å². The van der Waals surface area contributed by atoms with Gasteiger partial charge in [-0.15, -0.1) is 0 Å². The topological polar surface area (TPSA) is 72.2 Å². The molecular weight excluding hydrogens is 322 g/mol. The molecule has 0 aliphatic rings. The molecule has 1 aromatic carbocycles. The Morgan fingerprint density at radius 1 is 1.36 bits per heavy atom. The van der Waals surface area contributed by atoms with Gasteiger partial charge in [0.1, 0.15) is 11.4 Å². The molecule has 0 atom stereocenters. The van der Waals surface area contributed by atoms with Gasteiger partial charge in [-0.05, 0) is 37.3 Å². The van der Waals surface area contributed by atoms with Crippen LogP contribution in [-0.2, 0) is 4.79 Å². The molecule has 0 aliphatic heterocycles. The first kappa shape index (κ1) is 14.8. The predicted octanol–water partition coefficient (Wildman–Crippen LogP) is 2.82. The lowest BCUT2D eigenvalue weighted by Gasteiger charge is -2.06. The molecule has 3 aromatic rings. The molecule has 22 heavy (non-hydrogen) atoms. The van der Waals surface area contributed by atoms with Gasteiger partial charge in [-0.25, -0.2) is 4.98 Å². The molecule has 0 aliphatic carbocycles. The lowest BCUT2D eigenvalue weighted by Crippen LogP contribution is -2.14. The lowest BCUT2D eigenvalue weighted by molar-refractivity contribution is -0.113. The second kappa shape index (κ2) is 6.33. The summed E-state index contributed by atoms with van der Waals surface area (Å²) in [4.78, 5) is 20.3. The number of aryl methyl sites for hydroxylation is 1. The molecule has 0 bridgehead atoms. The summed E-state index contributed by atoms with van der Waals surface area (Å²) < 4.78 is 1.62. The molecule has 112 valence electrons. The van der Waals surface area contributed by atoms with Gasteiger partial charge in [0, 0.05) is 16.4 Å². The fraction of sp³-hybridized carbons (Fsp3) is 0.143. The fourth-order valence-corrected chi connectivity index (χ4v) is 2.85. The maximum Gasteiger partial charge on any atom is 0.253 e. The minimum Gasteiger partial charge on any atom is -0.325 e. The highest BCUT2D eigenvalue weighted by Gasteiger charge is 2.09. The zero-order chi connectivity index (χ0) is 15.5. The number of carbonyl (C=O) groups excluding carboxylic acids is 1. The zero-order valence-electron chi connectivity index (χ0n) is 11.7. The van der Waals surface area contributed by atoms with Crippen LogP contribution in [0.4, 0.5) is 5.69 Å². The van der Waals surface area contributed by atoms with Crippen molar-refractivity contribution in [3.8, 4) is 0 Å². The number of anilines is 1. The van der Waals surface area contributed by atoms with Gasteiger partial charge in [-0.2, -0.15) is 14.6 Å². The van der Waals surface area contributed by atoms with Gasteiger partial charge >= 0.3 is 0 Å².